The van der Waals surface area contributed by atoms with Crippen LogP contribution in [0.25, 0.3) is 0 Å². The van der Waals surface area contributed by atoms with E-state index in [-0.39, 0.29) is 0 Å². The largest absolute Gasteiger partial charge is 0.373 e. The summed E-state index contributed by atoms with van der Waals surface area (Å²) in [7, 11) is 0. The number of carbonyl (C=O) groups excluding carboxylic acids is 1. The topological polar surface area (TPSA) is 35.5 Å². The Labute approximate surface area is 89.9 Å². The molecule has 3 nitrogen and oxygen atoms in total. The molecule has 1 aromatic carbocycles. The van der Waals surface area contributed by atoms with E-state index in [0.29, 0.717) is 18.6 Å². The van der Waals surface area contributed by atoms with Crippen molar-refractivity contribution in [3.8, 4) is 0 Å². The van der Waals surface area contributed by atoms with Crippen LogP contribution in [-0.2, 0) is 16.2 Å². The first-order valence-corrected chi connectivity index (χ1v) is 5.00. The molecule has 0 heterocycles. The normalized spacial score (nSPS) is 10.0. The maximum Gasteiger partial charge on any atom is 0.373 e. The zero-order valence-corrected chi connectivity index (χ0v) is 8.86. The molecule has 0 fully saturated rings. The van der Waals surface area contributed by atoms with Crippen LogP contribution < -0.4 is 0 Å². The summed E-state index contributed by atoms with van der Waals surface area (Å²) in [5, 5.41) is 0. The van der Waals surface area contributed by atoms with Crippen molar-refractivity contribution in [3.63, 3.8) is 0 Å². The first-order chi connectivity index (χ1) is 7.27. The number of hydrogen-bond donors (Lipinski definition) is 0. The molecule has 1 aromatic rings. The first-order valence-electron chi connectivity index (χ1n) is 5.00. The highest BCUT2D eigenvalue weighted by atomic mass is 17.2. The minimum absolute atomic E-state index is 0.318. The summed E-state index contributed by atoms with van der Waals surface area (Å²) < 4.78 is 0. The number of aryl methyl sites for hydroxylation is 1. The van der Waals surface area contributed by atoms with Gasteiger partial charge in [0.2, 0.25) is 0 Å². The van der Waals surface area contributed by atoms with Crippen molar-refractivity contribution in [1.82, 2.24) is 0 Å². The van der Waals surface area contributed by atoms with E-state index in [9.17, 15) is 4.79 Å². The molecular weight excluding hydrogens is 192 g/mol. The average molecular weight is 207 g/mol. The van der Waals surface area contributed by atoms with Gasteiger partial charge in [-0.3, -0.25) is 4.89 Å². The first kappa shape index (κ1) is 11.7. The third kappa shape index (κ3) is 3.72. The highest BCUT2D eigenvalue weighted by molar-refractivity contribution is 5.88. The van der Waals surface area contributed by atoms with E-state index in [1.165, 1.54) is 5.56 Å². The van der Waals surface area contributed by atoms with Gasteiger partial charge in [-0.05, 0) is 30.5 Å². The highest BCUT2D eigenvalue weighted by Gasteiger charge is 2.07. The minimum Gasteiger partial charge on any atom is -0.293 e. The Morgan fingerprint density at radius 1 is 1.33 bits per heavy atom. The van der Waals surface area contributed by atoms with Crippen molar-refractivity contribution in [2.45, 2.75) is 19.8 Å². The lowest BCUT2D eigenvalue weighted by Gasteiger charge is -2.02. The summed E-state index contributed by atoms with van der Waals surface area (Å²) in [4.78, 5) is 20.6. The number of benzene rings is 1. The summed E-state index contributed by atoms with van der Waals surface area (Å²) in [5.41, 5.74) is 1.68. The Morgan fingerprint density at radius 2 is 2.00 bits per heavy atom. The van der Waals surface area contributed by atoms with Crippen molar-refractivity contribution >= 4 is 5.97 Å². The maximum absolute atomic E-state index is 11.4. The van der Waals surface area contributed by atoms with Crippen molar-refractivity contribution in [3.05, 3.63) is 42.3 Å². The van der Waals surface area contributed by atoms with Gasteiger partial charge < -0.3 is 0 Å². The second kappa shape index (κ2) is 6.19. The van der Waals surface area contributed by atoms with E-state index in [1.807, 2.05) is 12.1 Å². The lowest BCUT2D eigenvalue weighted by atomic mass is 10.1. The van der Waals surface area contributed by atoms with Crippen LogP contribution >= 0.6 is 0 Å². The van der Waals surface area contributed by atoms with Crippen LogP contribution in [0.4, 0.5) is 0 Å². The molecule has 15 heavy (non-hydrogen) atoms. The Balaban J connectivity index is 2.50. The second-order valence-electron chi connectivity index (χ2n) is 3.10. The zero-order chi connectivity index (χ0) is 11.1. The Bertz CT molecular complexity index is 303. The SMILES string of the molecule is [CH2]CCOOC(=O)c1ccc(CC)cc1. The van der Waals surface area contributed by atoms with Gasteiger partial charge in [0.1, 0.15) is 0 Å². The zero-order valence-electron chi connectivity index (χ0n) is 8.86. The van der Waals surface area contributed by atoms with E-state index in [1.54, 1.807) is 12.1 Å². The number of carbonyl (C=O) groups is 1. The smallest absolute Gasteiger partial charge is 0.293 e. The van der Waals surface area contributed by atoms with E-state index >= 15 is 0 Å². The quantitative estimate of drug-likeness (QED) is 0.423. The minimum atomic E-state index is -0.467. The molecule has 81 valence electrons. The molecule has 0 N–H and O–H groups in total. The van der Waals surface area contributed by atoms with Crippen molar-refractivity contribution in [2.75, 3.05) is 6.61 Å². The monoisotopic (exact) mass is 207 g/mol. The average Bonchev–Trinajstić information content (AvgIpc) is 2.29. The fraction of sp³-hybridized carbons (Fsp3) is 0.333. The van der Waals surface area contributed by atoms with Gasteiger partial charge >= 0.3 is 5.97 Å². The van der Waals surface area contributed by atoms with Gasteiger partial charge in [-0.15, -0.1) is 0 Å². The van der Waals surface area contributed by atoms with Gasteiger partial charge in [0.05, 0.1) is 12.2 Å². The molecule has 0 aliphatic rings. The van der Waals surface area contributed by atoms with Crippen LogP contribution in [0.5, 0.6) is 0 Å². The molecule has 0 amide bonds. The van der Waals surface area contributed by atoms with Crippen LogP contribution in [0, 0.1) is 6.92 Å². The molecule has 1 rings (SSSR count). The lowest BCUT2D eigenvalue weighted by molar-refractivity contribution is -0.239. The number of rotatable bonds is 5. The van der Waals surface area contributed by atoms with E-state index in [4.69, 9.17) is 0 Å². The molecule has 0 saturated carbocycles. The van der Waals surface area contributed by atoms with E-state index in [2.05, 4.69) is 23.6 Å². The maximum atomic E-state index is 11.4. The van der Waals surface area contributed by atoms with Gasteiger partial charge in [-0.2, -0.15) is 4.89 Å². The van der Waals surface area contributed by atoms with Gasteiger partial charge in [0.25, 0.3) is 0 Å². The molecule has 1 radical (unpaired) electrons. The summed E-state index contributed by atoms with van der Waals surface area (Å²) in [6.45, 7) is 5.94. The predicted molar refractivity (Wildman–Crippen MR) is 57.2 cm³/mol. The van der Waals surface area contributed by atoms with E-state index in [0.717, 1.165) is 6.42 Å². The fourth-order valence-electron chi connectivity index (χ4n) is 1.08. The molecule has 3 heteroatoms. The van der Waals surface area contributed by atoms with Gasteiger partial charge in [-0.25, -0.2) is 4.79 Å². The van der Waals surface area contributed by atoms with E-state index < -0.39 is 5.97 Å². The number of hydrogen-bond acceptors (Lipinski definition) is 3. The molecule has 0 spiro atoms. The highest BCUT2D eigenvalue weighted by Crippen LogP contribution is 2.06. The molecule has 0 unspecified atom stereocenters. The molecule has 0 saturated heterocycles. The summed E-state index contributed by atoms with van der Waals surface area (Å²) >= 11 is 0. The standard InChI is InChI=1S/C12H15O3/c1-3-9-14-15-12(13)11-7-5-10(4-2)6-8-11/h5-8H,1,3-4,9H2,2H3. The van der Waals surface area contributed by atoms with Crippen LogP contribution in [-0.4, -0.2) is 12.6 Å². The van der Waals surface area contributed by atoms with Crippen LogP contribution in [0.1, 0.15) is 29.3 Å². The Morgan fingerprint density at radius 3 is 2.53 bits per heavy atom. The fourth-order valence-corrected chi connectivity index (χ4v) is 1.08. The van der Waals surface area contributed by atoms with Gasteiger partial charge in [0, 0.05) is 0 Å². The molecule has 0 bridgehead atoms. The van der Waals surface area contributed by atoms with Crippen molar-refractivity contribution in [2.24, 2.45) is 0 Å². The Kier molecular flexibility index (Phi) is 4.84. The van der Waals surface area contributed by atoms with Gasteiger partial charge in [-0.1, -0.05) is 26.0 Å². The van der Waals surface area contributed by atoms with Crippen molar-refractivity contribution in [1.29, 1.82) is 0 Å². The van der Waals surface area contributed by atoms with Crippen LogP contribution in [0.15, 0.2) is 24.3 Å². The van der Waals surface area contributed by atoms with Crippen LogP contribution in [0.2, 0.25) is 0 Å². The second-order valence-corrected chi connectivity index (χ2v) is 3.10. The summed E-state index contributed by atoms with van der Waals surface area (Å²) in [6.07, 6.45) is 1.52. The predicted octanol–water partition coefficient (Wildman–Crippen LogP) is 2.56. The Hall–Kier alpha value is -1.35. The van der Waals surface area contributed by atoms with Crippen LogP contribution in [0.3, 0.4) is 0 Å². The summed E-state index contributed by atoms with van der Waals surface area (Å²) in [6, 6.07) is 7.26. The third-order valence-corrected chi connectivity index (χ3v) is 1.96. The molecule has 0 aliphatic heterocycles. The molecule has 0 atom stereocenters. The molecule has 0 aliphatic carbocycles. The molecular formula is C12H15O3. The lowest BCUT2D eigenvalue weighted by Crippen LogP contribution is -2.06. The van der Waals surface area contributed by atoms with Gasteiger partial charge in [0.15, 0.2) is 0 Å². The van der Waals surface area contributed by atoms with Crippen molar-refractivity contribution < 1.29 is 14.6 Å². The summed E-state index contributed by atoms with van der Waals surface area (Å²) in [5.74, 6) is -0.467. The molecule has 0 aromatic heterocycles. The third-order valence-electron chi connectivity index (χ3n) is 1.96.